The molecule has 12 rings (SSSR count). The Kier molecular flexibility index (Phi) is 7.03. The maximum atomic E-state index is 6.46. The van der Waals surface area contributed by atoms with Gasteiger partial charge in [0.2, 0.25) is 0 Å². The normalized spacial score (nSPS) is 11.9. The lowest BCUT2D eigenvalue weighted by Crippen LogP contribution is -2.00. The monoisotopic (exact) mass is 747 g/mol. The number of fused-ring (bicyclic) bond motifs is 9. The summed E-state index contributed by atoms with van der Waals surface area (Å²) in [5, 5.41) is 6.68. The molecule has 57 heavy (non-hydrogen) atoms. The molecule has 5 nitrogen and oxygen atoms in total. The van der Waals surface area contributed by atoms with Gasteiger partial charge in [-0.1, -0.05) is 133 Å². The number of thiophene rings is 1. The summed E-state index contributed by atoms with van der Waals surface area (Å²) in [6.07, 6.45) is 0. The van der Waals surface area contributed by atoms with Crippen LogP contribution < -0.4 is 0 Å². The maximum Gasteiger partial charge on any atom is 0.167 e. The second-order valence-corrected chi connectivity index (χ2v) is 15.4. The number of para-hydroxylation sites is 3. The highest BCUT2D eigenvalue weighted by Crippen LogP contribution is 2.40. The molecule has 4 aromatic heterocycles. The third kappa shape index (κ3) is 5.19. The van der Waals surface area contributed by atoms with Crippen LogP contribution in [0.2, 0.25) is 0 Å². The minimum absolute atomic E-state index is 0.540. The zero-order valence-corrected chi connectivity index (χ0v) is 31.1. The minimum atomic E-state index is 0.540. The number of furan rings is 2. The molecule has 0 unspecified atom stereocenters. The Balaban J connectivity index is 0.956. The van der Waals surface area contributed by atoms with Crippen LogP contribution in [0.5, 0.6) is 0 Å². The van der Waals surface area contributed by atoms with Gasteiger partial charge in [-0.25, -0.2) is 15.0 Å². The van der Waals surface area contributed by atoms with E-state index in [0.29, 0.717) is 17.5 Å². The molecule has 266 valence electrons. The Morgan fingerprint density at radius 3 is 1.65 bits per heavy atom. The first-order valence-electron chi connectivity index (χ1n) is 18.9. The lowest BCUT2D eigenvalue weighted by molar-refractivity contribution is 0.668. The van der Waals surface area contributed by atoms with Gasteiger partial charge in [-0.3, -0.25) is 0 Å². The summed E-state index contributed by atoms with van der Waals surface area (Å²) in [6, 6.07) is 61.1. The lowest BCUT2D eigenvalue weighted by atomic mass is 9.98. The van der Waals surface area contributed by atoms with Crippen molar-refractivity contribution in [2.75, 3.05) is 0 Å². The molecule has 0 spiro atoms. The van der Waals surface area contributed by atoms with Crippen LogP contribution in [0.3, 0.4) is 0 Å². The van der Waals surface area contributed by atoms with Gasteiger partial charge in [-0.05, 0) is 64.7 Å². The van der Waals surface area contributed by atoms with Crippen molar-refractivity contribution in [3.8, 4) is 56.4 Å². The largest absolute Gasteiger partial charge is 0.456 e. The number of rotatable bonds is 5. The topological polar surface area (TPSA) is 65.0 Å². The van der Waals surface area contributed by atoms with Crippen LogP contribution in [-0.4, -0.2) is 15.0 Å². The van der Waals surface area contributed by atoms with E-state index in [1.54, 1.807) is 0 Å². The Hall–Kier alpha value is -7.41. The molecule has 0 N–H and O–H groups in total. The summed E-state index contributed by atoms with van der Waals surface area (Å²) in [5.74, 6) is 1.68. The minimum Gasteiger partial charge on any atom is -0.456 e. The molecule has 6 heteroatoms. The number of hydrogen-bond donors (Lipinski definition) is 0. The van der Waals surface area contributed by atoms with E-state index >= 15 is 0 Å². The predicted octanol–water partition coefficient (Wildman–Crippen LogP) is 14.4. The van der Waals surface area contributed by atoms with Crippen LogP contribution in [0.15, 0.2) is 185 Å². The second-order valence-electron chi connectivity index (χ2n) is 14.3. The average molecular weight is 748 g/mol. The molecule has 0 saturated heterocycles. The van der Waals surface area contributed by atoms with E-state index in [2.05, 4.69) is 115 Å². The zero-order chi connectivity index (χ0) is 37.5. The average Bonchev–Trinajstić information content (AvgIpc) is 3.97. The van der Waals surface area contributed by atoms with Gasteiger partial charge in [0.25, 0.3) is 0 Å². The summed E-state index contributed by atoms with van der Waals surface area (Å²) in [5.41, 5.74) is 10.4. The summed E-state index contributed by atoms with van der Waals surface area (Å²) in [4.78, 5) is 15.4. The van der Waals surface area contributed by atoms with Crippen LogP contribution in [0, 0.1) is 0 Å². The van der Waals surface area contributed by atoms with Gasteiger partial charge in [0, 0.05) is 52.8 Å². The summed E-state index contributed by atoms with van der Waals surface area (Å²) >= 11 is 1.85. The Bertz CT molecular complexity index is 3520. The van der Waals surface area contributed by atoms with Crippen molar-refractivity contribution < 1.29 is 8.83 Å². The lowest BCUT2D eigenvalue weighted by Gasteiger charge is -2.10. The van der Waals surface area contributed by atoms with Crippen molar-refractivity contribution in [3.63, 3.8) is 0 Å². The molecule has 0 fully saturated rings. The standard InChI is InChI=1S/C51H29N3O2S/c1-4-15-42-35(9-1)37-12-7-14-40(48(37)56-42)51-53-49(52-50(54-51)39-13-8-17-44-47(39)38-11-2-5-16-43(38)55-44)33-25-23-31(24-26-33)30-19-21-32(22-20-30)34-27-28-46-41(29-34)36-10-3-6-18-45(36)57-46/h1-29H. The molecule has 0 aliphatic heterocycles. The smallest absolute Gasteiger partial charge is 0.167 e. The van der Waals surface area contributed by atoms with Gasteiger partial charge in [0.15, 0.2) is 17.5 Å². The fourth-order valence-electron chi connectivity index (χ4n) is 8.20. The van der Waals surface area contributed by atoms with Gasteiger partial charge in [0.05, 0.1) is 5.56 Å². The number of benzene rings is 8. The van der Waals surface area contributed by atoms with Gasteiger partial charge >= 0.3 is 0 Å². The van der Waals surface area contributed by atoms with E-state index in [-0.39, 0.29) is 0 Å². The molecule has 12 aromatic rings. The molecule has 4 heterocycles. The van der Waals surface area contributed by atoms with E-state index in [1.807, 2.05) is 72.0 Å². The number of nitrogens with zero attached hydrogens (tertiary/aromatic N) is 3. The predicted molar refractivity (Wildman–Crippen MR) is 234 cm³/mol. The molecular weight excluding hydrogens is 719 g/mol. The summed E-state index contributed by atoms with van der Waals surface area (Å²) < 4.78 is 15.4. The highest BCUT2D eigenvalue weighted by Gasteiger charge is 2.20. The Labute approximate surface area is 330 Å². The molecule has 0 saturated carbocycles. The van der Waals surface area contributed by atoms with E-state index in [9.17, 15) is 0 Å². The second kappa shape index (κ2) is 12.6. The van der Waals surface area contributed by atoms with Gasteiger partial charge in [-0.15, -0.1) is 11.3 Å². The summed E-state index contributed by atoms with van der Waals surface area (Å²) in [7, 11) is 0. The number of hydrogen-bond acceptors (Lipinski definition) is 6. The van der Waals surface area contributed by atoms with Crippen molar-refractivity contribution in [2.24, 2.45) is 0 Å². The van der Waals surface area contributed by atoms with E-state index < -0.39 is 0 Å². The fraction of sp³-hybridized carbons (Fsp3) is 0. The van der Waals surface area contributed by atoms with Gasteiger partial charge < -0.3 is 8.83 Å². The van der Waals surface area contributed by atoms with Crippen molar-refractivity contribution in [3.05, 3.63) is 176 Å². The quantitative estimate of drug-likeness (QED) is 0.175. The molecule has 0 aliphatic carbocycles. The fourth-order valence-corrected chi connectivity index (χ4v) is 9.29. The zero-order valence-electron chi connectivity index (χ0n) is 30.3. The highest BCUT2D eigenvalue weighted by atomic mass is 32.1. The van der Waals surface area contributed by atoms with Crippen molar-refractivity contribution >= 4 is 75.4 Å². The summed E-state index contributed by atoms with van der Waals surface area (Å²) in [6.45, 7) is 0. The highest BCUT2D eigenvalue weighted by molar-refractivity contribution is 7.25. The molecule has 0 amide bonds. The van der Waals surface area contributed by atoms with E-state index in [4.69, 9.17) is 23.8 Å². The molecule has 0 bridgehead atoms. The Morgan fingerprint density at radius 1 is 0.333 bits per heavy atom. The first kappa shape index (κ1) is 31.9. The van der Waals surface area contributed by atoms with Crippen LogP contribution >= 0.6 is 11.3 Å². The maximum absolute atomic E-state index is 6.46. The van der Waals surface area contributed by atoms with Crippen LogP contribution in [0.4, 0.5) is 0 Å². The molecule has 0 aliphatic rings. The Morgan fingerprint density at radius 2 is 0.860 bits per heavy atom. The third-order valence-corrected chi connectivity index (χ3v) is 12.1. The van der Waals surface area contributed by atoms with Crippen molar-refractivity contribution in [1.82, 2.24) is 15.0 Å². The van der Waals surface area contributed by atoms with Crippen LogP contribution in [-0.2, 0) is 0 Å². The molecular formula is C51H29N3O2S. The molecule has 0 radical (unpaired) electrons. The first-order chi connectivity index (χ1) is 28.2. The molecule has 8 aromatic carbocycles. The van der Waals surface area contributed by atoms with Crippen molar-refractivity contribution in [2.45, 2.75) is 0 Å². The van der Waals surface area contributed by atoms with Gasteiger partial charge in [0.1, 0.15) is 22.3 Å². The van der Waals surface area contributed by atoms with Crippen LogP contribution in [0.1, 0.15) is 0 Å². The van der Waals surface area contributed by atoms with Crippen molar-refractivity contribution in [1.29, 1.82) is 0 Å². The SMILES string of the molecule is c1ccc2c(c1)oc1c(-c3nc(-c4ccc(-c5ccc(-c6ccc7sc8ccccc8c7c6)cc5)cc4)nc(-c4cccc5oc6ccccc6c45)n3)cccc12. The third-order valence-electron chi connectivity index (χ3n) is 11.0. The van der Waals surface area contributed by atoms with Crippen LogP contribution in [0.25, 0.3) is 120 Å². The number of aromatic nitrogens is 3. The molecule has 0 atom stereocenters. The van der Waals surface area contributed by atoms with E-state index in [1.165, 1.54) is 31.3 Å². The van der Waals surface area contributed by atoms with E-state index in [0.717, 1.165) is 71.7 Å². The first-order valence-corrected chi connectivity index (χ1v) is 19.7. The van der Waals surface area contributed by atoms with Gasteiger partial charge in [-0.2, -0.15) is 0 Å².